The molecule has 0 radical (unpaired) electrons. The number of pyridine rings is 1. The molecule has 0 saturated heterocycles. The van der Waals surface area contributed by atoms with Crippen molar-refractivity contribution in [2.24, 2.45) is 0 Å². The van der Waals surface area contributed by atoms with E-state index in [1.54, 1.807) is 24.5 Å². The molecule has 0 unspecified atom stereocenters. The van der Waals surface area contributed by atoms with Gasteiger partial charge in [0.05, 0.1) is 12.1 Å². The largest absolute Gasteiger partial charge is 0.457 e. The summed E-state index contributed by atoms with van der Waals surface area (Å²) in [5.74, 6) is 3.38. The van der Waals surface area contributed by atoms with Crippen molar-refractivity contribution in [2.75, 3.05) is 0 Å². The summed E-state index contributed by atoms with van der Waals surface area (Å²) in [5.41, 5.74) is 4.33. The fraction of sp³-hybridized carbons (Fsp3) is 0.121. The van der Waals surface area contributed by atoms with Gasteiger partial charge >= 0.3 is 0 Å². The summed E-state index contributed by atoms with van der Waals surface area (Å²) in [6.45, 7) is 5.88. The fourth-order valence-electron chi connectivity index (χ4n) is 5.14. The summed E-state index contributed by atoms with van der Waals surface area (Å²) in [6, 6.07) is 27.2. The molecule has 3 aromatic heterocycles. The Balaban J connectivity index is 1.21. The zero-order valence-electron chi connectivity index (χ0n) is 23.2. The normalized spacial score (nSPS) is 11.4. The summed E-state index contributed by atoms with van der Waals surface area (Å²) in [4.78, 5) is 21.8. The molecule has 0 N–H and O–H groups in total. The molecule has 3 heterocycles. The van der Waals surface area contributed by atoms with Gasteiger partial charge in [-0.15, -0.1) is 0 Å². The van der Waals surface area contributed by atoms with Crippen LogP contribution in [-0.2, 0) is 6.54 Å². The third-order valence-corrected chi connectivity index (χ3v) is 7.18. The first-order chi connectivity index (χ1) is 20.4. The van der Waals surface area contributed by atoms with E-state index in [1.165, 1.54) is 0 Å². The topological polar surface area (TPSA) is 109 Å². The molecular weight excluding hydrogens is 530 g/mol. The van der Waals surface area contributed by atoms with Crippen molar-refractivity contribution in [1.82, 2.24) is 24.8 Å². The molecule has 4 aromatic carbocycles. The number of aryl methyl sites for hydroxylation is 3. The van der Waals surface area contributed by atoms with Crippen molar-refractivity contribution in [3.63, 3.8) is 0 Å². The second kappa shape index (κ2) is 10.1. The van der Waals surface area contributed by atoms with Gasteiger partial charge in [-0.3, -0.25) is 4.79 Å². The van der Waals surface area contributed by atoms with Crippen molar-refractivity contribution < 1.29 is 13.8 Å². The lowest BCUT2D eigenvalue weighted by atomic mass is 10.0. The Hall–Kier alpha value is -5.57. The molecule has 0 spiro atoms. The van der Waals surface area contributed by atoms with Gasteiger partial charge in [0.1, 0.15) is 11.5 Å². The van der Waals surface area contributed by atoms with Gasteiger partial charge in [0.25, 0.3) is 5.56 Å². The minimum atomic E-state index is -0.0621. The second-order valence-corrected chi connectivity index (χ2v) is 10.2. The summed E-state index contributed by atoms with van der Waals surface area (Å²) in [5, 5.41) is 11.1. The summed E-state index contributed by atoms with van der Waals surface area (Å²) < 4.78 is 18.3. The van der Waals surface area contributed by atoms with E-state index >= 15 is 0 Å². The second-order valence-electron chi connectivity index (χ2n) is 10.2. The summed E-state index contributed by atoms with van der Waals surface area (Å²) in [6.07, 6.45) is 0. The molecule has 42 heavy (non-hydrogen) atoms. The smallest absolute Gasteiger partial charge is 0.251 e. The molecule has 0 aliphatic rings. The number of benzene rings is 4. The van der Waals surface area contributed by atoms with Gasteiger partial charge < -0.3 is 18.4 Å². The van der Waals surface area contributed by atoms with Crippen molar-refractivity contribution in [2.45, 2.75) is 27.3 Å². The van der Waals surface area contributed by atoms with Gasteiger partial charge in [0.15, 0.2) is 0 Å². The number of fused-ring (bicyclic) bond motifs is 2. The van der Waals surface area contributed by atoms with E-state index in [2.05, 4.69) is 32.4 Å². The van der Waals surface area contributed by atoms with Gasteiger partial charge in [-0.25, -0.2) is 0 Å². The van der Waals surface area contributed by atoms with E-state index in [1.807, 2.05) is 73.7 Å². The average Bonchev–Trinajstić information content (AvgIpc) is 3.63. The number of hydrogen-bond acceptors (Lipinski definition) is 8. The zero-order valence-corrected chi connectivity index (χ0v) is 23.2. The van der Waals surface area contributed by atoms with Crippen molar-refractivity contribution in [3.05, 3.63) is 118 Å². The maximum absolute atomic E-state index is 13.2. The lowest BCUT2D eigenvalue weighted by molar-refractivity contribution is 0.394. The summed E-state index contributed by atoms with van der Waals surface area (Å²) >= 11 is 0. The Morgan fingerprint density at radius 3 is 2.17 bits per heavy atom. The average molecular weight is 556 g/mol. The molecule has 0 saturated carbocycles. The van der Waals surface area contributed by atoms with E-state index in [0.717, 1.165) is 43.9 Å². The highest BCUT2D eigenvalue weighted by atomic mass is 16.5. The lowest BCUT2D eigenvalue weighted by Crippen LogP contribution is -2.21. The minimum Gasteiger partial charge on any atom is -0.457 e. The zero-order chi connectivity index (χ0) is 28.8. The van der Waals surface area contributed by atoms with Crippen LogP contribution >= 0.6 is 0 Å². The van der Waals surface area contributed by atoms with Gasteiger partial charge in [-0.2, -0.15) is 9.97 Å². The van der Waals surface area contributed by atoms with Crippen molar-refractivity contribution >= 4 is 21.7 Å². The van der Waals surface area contributed by atoms with E-state index < -0.39 is 0 Å². The van der Waals surface area contributed by atoms with Gasteiger partial charge in [0, 0.05) is 36.4 Å². The first kappa shape index (κ1) is 25.4. The van der Waals surface area contributed by atoms with E-state index in [9.17, 15) is 4.79 Å². The molecule has 0 amide bonds. The standard InChI is InChI=1S/C33H25N5O4/c1-19-13-31(39)38(18-22-7-8-23-9-10-25(15-26(23)14-22)33-35-21(3)42-37-33)30-12-11-28(17-29(19)30)40-27-6-4-5-24(16-27)32-34-20(2)41-36-32/h4-17H,18H2,1-3H3. The number of ether oxygens (including phenoxy) is 1. The van der Waals surface area contributed by atoms with Crippen LogP contribution in [-0.4, -0.2) is 24.8 Å². The predicted octanol–water partition coefficient (Wildman–Crippen LogP) is 7.02. The van der Waals surface area contributed by atoms with Crippen LogP contribution in [0.15, 0.2) is 98.8 Å². The molecule has 0 fully saturated rings. The Labute approximate surface area is 240 Å². The maximum atomic E-state index is 13.2. The van der Waals surface area contributed by atoms with Crippen LogP contribution in [0.1, 0.15) is 22.9 Å². The predicted molar refractivity (Wildman–Crippen MR) is 159 cm³/mol. The quantitative estimate of drug-likeness (QED) is 0.215. The van der Waals surface area contributed by atoms with Crippen LogP contribution in [0.25, 0.3) is 44.5 Å². The Morgan fingerprint density at radius 1 is 0.714 bits per heavy atom. The number of rotatable bonds is 6. The number of hydrogen-bond donors (Lipinski definition) is 0. The van der Waals surface area contributed by atoms with Crippen molar-refractivity contribution in [3.8, 4) is 34.3 Å². The minimum absolute atomic E-state index is 0.0621. The van der Waals surface area contributed by atoms with Crippen molar-refractivity contribution in [1.29, 1.82) is 0 Å². The Bertz CT molecular complexity index is 2180. The van der Waals surface area contributed by atoms with Crippen LogP contribution in [0.4, 0.5) is 0 Å². The fourth-order valence-corrected chi connectivity index (χ4v) is 5.14. The third-order valence-electron chi connectivity index (χ3n) is 7.18. The van der Waals surface area contributed by atoms with Gasteiger partial charge in [0.2, 0.25) is 23.4 Å². The van der Waals surface area contributed by atoms with Crippen LogP contribution < -0.4 is 10.3 Å². The van der Waals surface area contributed by atoms with Crippen LogP contribution in [0.5, 0.6) is 11.5 Å². The molecule has 0 atom stereocenters. The monoisotopic (exact) mass is 555 g/mol. The number of aromatic nitrogens is 5. The third kappa shape index (κ3) is 4.81. The van der Waals surface area contributed by atoms with Crippen LogP contribution in [0, 0.1) is 20.8 Å². The highest BCUT2D eigenvalue weighted by Crippen LogP contribution is 2.30. The van der Waals surface area contributed by atoms with Crippen LogP contribution in [0.2, 0.25) is 0 Å². The maximum Gasteiger partial charge on any atom is 0.251 e. The Morgan fingerprint density at radius 2 is 1.43 bits per heavy atom. The van der Waals surface area contributed by atoms with E-state index in [-0.39, 0.29) is 5.56 Å². The summed E-state index contributed by atoms with van der Waals surface area (Å²) in [7, 11) is 0. The molecule has 0 bridgehead atoms. The molecule has 0 aliphatic heterocycles. The van der Waals surface area contributed by atoms with E-state index in [0.29, 0.717) is 41.5 Å². The van der Waals surface area contributed by atoms with E-state index in [4.69, 9.17) is 13.8 Å². The Kier molecular flexibility index (Phi) is 6.12. The first-order valence-electron chi connectivity index (χ1n) is 13.5. The first-order valence-corrected chi connectivity index (χ1v) is 13.5. The lowest BCUT2D eigenvalue weighted by Gasteiger charge is -2.14. The molecule has 7 aromatic rings. The molecule has 9 nitrogen and oxygen atoms in total. The molecular formula is C33H25N5O4. The highest BCUT2D eigenvalue weighted by molar-refractivity contribution is 5.87. The number of nitrogens with zero attached hydrogens (tertiary/aromatic N) is 5. The molecule has 0 aliphatic carbocycles. The SMILES string of the molecule is Cc1nc(-c2cccc(Oc3ccc4c(c3)c(C)cc(=O)n4Cc3ccc4ccc(-c5noc(C)n5)cc4c3)c2)no1. The van der Waals surface area contributed by atoms with Gasteiger partial charge in [-0.05, 0) is 71.3 Å². The molecule has 9 heteroatoms. The molecule has 7 rings (SSSR count). The van der Waals surface area contributed by atoms with Crippen LogP contribution in [0.3, 0.4) is 0 Å². The highest BCUT2D eigenvalue weighted by Gasteiger charge is 2.12. The van der Waals surface area contributed by atoms with Gasteiger partial charge in [-0.1, -0.05) is 46.7 Å². The molecule has 206 valence electrons.